The minimum atomic E-state index is -0.895. The largest absolute Gasteiger partial charge is 0.497 e. The Hall–Kier alpha value is -12.7. The number of para-hydroxylation sites is 5. The van der Waals surface area contributed by atoms with Gasteiger partial charge in [-0.05, 0) is 211 Å². The first-order chi connectivity index (χ1) is 71.1. The van der Waals surface area contributed by atoms with Crippen LogP contribution in [-0.4, -0.2) is 302 Å². The molecule has 5 heterocycles. The maximum atomic E-state index is 13.3. The Balaban J connectivity index is 0.000000247. The van der Waals surface area contributed by atoms with Crippen molar-refractivity contribution in [2.75, 3.05) is 175 Å². The van der Waals surface area contributed by atoms with Gasteiger partial charge in [-0.2, -0.15) is 0 Å². The molecule has 13 rings (SSSR count). The van der Waals surface area contributed by atoms with E-state index >= 15 is 0 Å². The molecule has 5 aliphatic rings. The molecule has 4 saturated heterocycles. The standard InChI is InChI=1S/C27H34N2O7.C26H43N3O4.C22H34N2O4.C20H30N2O4.3C7H8O/c1-3-4-12-28-25(30)16-29-15-19(18-9-10-23-24(14-18)36-17-35-23)26(27(31)32)20(29)11-13-34-22-8-6-5-7-21(22)33-2;1-6-8-16-28(17-10-9-15-27(3)4)24(30)19-29-18-22(25(26(31)32)23(29)7-2)20-11-13-21(33-5)14-12-20;1-5-8-13-23(7-3)20(25)15-24-14-18(21(22(26)27)19(24)6-2)16-9-11-17(28-4)12-10-16;1-4-6-11-21-18(23)13-22-12-16(19(20(24)25)17(22)5-2)14-7-9-15(26-3)10-8-14;3*1-8-7-5-3-2-4-6-7/h5-10,14,19-20,26H,3-4,11-13,15-17H2,1-2H3,(H,28,30)(H,31,32);11-14,22-23,25H,6-10,15-19H2,1-5H3,(H,31,32);9-12,18-19,21H,5-8,13-15H2,1-4H3,(H,26,27);7-10,16-17,19H,4-6,11-13H2,1-3H3,(H,21,23)(H,24,25);3*2-6H,1H3/t19-,20+,26-;22-,23+,25-;18-,19+,21-;16-,17+,19-;;;/m1111.../s1. The molecule has 4 fully saturated rings. The number of carbonyl (C=O) groups is 8. The van der Waals surface area contributed by atoms with Gasteiger partial charge in [-0.3, -0.25) is 58.0 Å². The molecule has 8 aromatic carbocycles. The van der Waals surface area contributed by atoms with E-state index in [1.807, 2.05) is 254 Å². The van der Waals surface area contributed by atoms with Crippen molar-refractivity contribution in [1.82, 2.24) is 44.9 Å². The van der Waals surface area contributed by atoms with Crippen molar-refractivity contribution in [3.05, 3.63) is 229 Å². The fourth-order valence-corrected chi connectivity index (χ4v) is 19.7. The Labute approximate surface area is 872 Å². The average molecular weight is 2040 g/mol. The monoisotopic (exact) mass is 2040 g/mol. The predicted molar refractivity (Wildman–Crippen MR) is 574 cm³/mol. The molecule has 5 aliphatic heterocycles. The smallest absolute Gasteiger partial charge is 0.308 e. The fourth-order valence-electron chi connectivity index (χ4n) is 19.7. The second-order valence-electron chi connectivity index (χ2n) is 37.3. The number of amides is 4. The number of hydrogen-bond donors (Lipinski definition) is 6. The van der Waals surface area contributed by atoms with Crippen molar-refractivity contribution < 1.29 is 106 Å². The quantitative estimate of drug-likeness (QED) is 0.0193. The number of unbranched alkanes of at least 4 members (excludes halogenated alkanes) is 5. The van der Waals surface area contributed by atoms with Crippen LogP contribution in [0.4, 0.5) is 0 Å². The molecule has 6 N–H and O–H groups in total. The number of aliphatic carboxylic acids is 4. The van der Waals surface area contributed by atoms with Crippen LogP contribution in [0.1, 0.15) is 191 Å². The van der Waals surface area contributed by atoms with Crippen LogP contribution in [0, 0.1) is 23.7 Å². The number of nitrogens with one attached hydrogen (secondary N) is 2. The van der Waals surface area contributed by atoms with Crippen molar-refractivity contribution in [2.45, 2.75) is 193 Å². The molecule has 0 aromatic heterocycles. The number of rotatable bonds is 48. The zero-order valence-corrected chi connectivity index (χ0v) is 89.7. The number of carboxylic acids is 4. The summed E-state index contributed by atoms with van der Waals surface area (Å²) in [6, 6.07) is 64.0. The highest BCUT2D eigenvalue weighted by Crippen LogP contribution is 2.46. The molecular weight excluding hydrogens is 1870 g/mol. The lowest BCUT2D eigenvalue weighted by molar-refractivity contribution is -0.144. The summed E-state index contributed by atoms with van der Waals surface area (Å²) in [5.74, 6) is 1.27. The van der Waals surface area contributed by atoms with Gasteiger partial charge in [-0.15, -0.1) is 0 Å². The number of likely N-dealkylation sites (tertiary alicyclic amines) is 4. The number of carboxylic acid groups (broad SMARTS) is 4. The predicted octanol–water partition coefficient (Wildman–Crippen LogP) is 17.6. The molecule has 31 heteroatoms. The third kappa shape index (κ3) is 38.5. The van der Waals surface area contributed by atoms with E-state index in [9.17, 15) is 58.8 Å². The van der Waals surface area contributed by atoms with Gasteiger partial charge in [0.25, 0.3) is 0 Å². The van der Waals surface area contributed by atoms with E-state index in [0.717, 1.165) is 147 Å². The molecule has 0 bridgehead atoms. The lowest BCUT2D eigenvalue weighted by atomic mass is 9.84. The summed E-state index contributed by atoms with van der Waals surface area (Å²) in [7, 11) is 15.5. The third-order valence-electron chi connectivity index (χ3n) is 27.5. The normalized spacial score (nSPS) is 19.5. The maximum Gasteiger partial charge on any atom is 0.308 e. The number of fused-ring (bicyclic) bond motifs is 1. The van der Waals surface area contributed by atoms with Crippen molar-refractivity contribution in [1.29, 1.82) is 0 Å². The Morgan fingerprint density at radius 1 is 0.340 bits per heavy atom. The zero-order chi connectivity index (χ0) is 107. The number of nitrogens with zero attached hydrogens (tertiary/aromatic N) is 7. The average Bonchev–Trinajstić information content (AvgIpc) is 1.66. The summed E-state index contributed by atoms with van der Waals surface area (Å²) >= 11 is 0. The molecule has 0 radical (unpaired) electrons. The first kappa shape index (κ1) is 121. The molecule has 0 unspecified atom stereocenters. The molecule has 0 aliphatic carbocycles. The number of hydrogen-bond acceptors (Lipinski definition) is 23. The van der Waals surface area contributed by atoms with E-state index in [1.165, 1.54) is 0 Å². The molecule has 0 spiro atoms. The highest BCUT2D eigenvalue weighted by atomic mass is 16.7. The summed E-state index contributed by atoms with van der Waals surface area (Å²) in [6.07, 6.45) is 12.5. The SMILES string of the molecule is CCCCN(CC)C(=O)CN1C[C@H](c2ccc(OC)cc2)[C@@H](C(=O)O)[C@@H]1CC.CCCCN(CCCCN(C)C)C(=O)CN1C[C@H](c2ccc(OC)cc2)[C@@H](C(=O)O)[C@@H]1CC.CCCCNC(=O)CN1C[C@H](c2ccc(OC)cc2)[C@@H](C(=O)O)[C@@H]1CC.CCCCNC(=O)CN1C[C@H](c2ccc3c(c2)OCO3)[C@@H](C(=O)O)[C@@H]1CCOc1ccccc1OC.COc1ccccc1.COc1ccccc1.COc1ccccc1. The van der Waals surface area contributed by atoms with E-state index in [1.54, 1.807) is 49.8 Å². The van der Waals surface area contributed by atoms with E-state index in [2.05, 4.69) is 67.1 Å². The highest BCUT2D eigenvalue weighted by Gasteiger charge is 2.51. The molecule has 147 heavy (non-hydrogen) atoms. The summed E-state index contributed by atoms with van der Waals surface area (Å²) in [5, 5.41) is 46.0. The lowest BCUT2D eigenvalue weighted by Gasteiger charge is -2.29. The minimum absolute atomic E-state index is 0.0311. The molecule has 12 atom stereocenters. The van der Waals surface area contributed by atoms with E-state index in [0.29, 0.717) is 94.5 Å². The van der Waals surface area contributed by atoms with Crippen LogP contribution in [0.25, 0.3) is 0 Å². The Bertz CT molecular complexity index is 5040. The Kier molecular flexibility index (Phi) is 54.9. The Morgan fingerprint density at radius 2 is 0.653 bits per heavy atom. The molecular formula is C116H165N9O22. The van der Waals surface area contributed by atoms with Crippen LogP contribution in [0.2, 0.25) is 0 Å². The van der Waals surface area contributed by atoms with Gasteiger partial charge in [0.15, 0.2) is 23.0 Å². The van der Waals surface area contributed by atoms with Crippen LogP contribution >= 0.6 is 0 Å². The van der Waals surface area contributed by atoms with Crippen molar-refractivity contribution in [3.63, 3.8) is 0 Å². The molecule has 31 nitrogen and oxygen atoms in total. The minimum Gasteiger partial charge on any atom is -0.497 e. The van der Waals surface area contributed by atoms with E-state index in [-0.39, 0.29) is 111 Å². The summed E-state index contributed by atoms with van der Waals surface area (Å²) < 4.78 is 52.7. The number of likely N-dealkylation sites (N-methyl/N-ethyl adjacent to an activating group) is 1. The molecule has 0 saturated carbocycles. The molecule has 4 amide bonds. The highest BCUT2D eigenvalue weighted by molar-refractivity contribution is 5.82. The van der Waals surface area contributed by atoms with Crippen LogP contribution in [-0.2, 0) is 38.4 Å². The summed E-state index contributed by atoms with van der Waals surface area (Å²) in [5.41, 5.74) is 3.81. The Morgan fingerprint density at radius 3 is 1.00 bits per heavy atom. The van der Waals surface area contributed by atoms with Gasteiger partial charge < -0.3 is 93.1 Å². The summed E-state index contributed by atoms with van der Waals surface area (Å²) in [6.45, 7) is 25.3. The van der Waals surface area contributed by atoms with Crippen molar-refractivity contribution in [3.8, 4) is 57.5 Å². The first-order valence-corrected chi connectivity index (χ1v) is 52.1. The number of ether oxygens (including phenoxy) is 10. The van der Waals surface area contributed by atoms with Crippen LogP contribution in [0.5, 0.6) is 57.5 Å². The van der Waals surface area contributed by atoms with Crippen molar-refractivity contribution >= 4 is 47.5 Å². The van der Waals surface area contributed by atoms with Gasteiger partial charge in [0, 0.05) is 113 Å². The molecule has 806 valence electrons. The topological polar surface area (TPSA) is 357 Å². The summed E-state index contributed by atoms with van der Waals surface area (Å²) in [4.78, 5) is 114. The van der Waals surface area contributed by atoms with Gasteiger partial charge in [-0.25, -0.2) is 0 Å². The van der Waals surface area contributed by atoms with Gasteiger partial charge in [0.2, 0.25) is 30.4 Å². The molecule has 8 aromatic rings. The fraction of sp³-hybridized carbons (Fsp3) is 0.517. The van der Waals surface area contributed by atoms with Crippen LogP contribution in [0.15, 0.2) is 206 Å². The van der Waals surface area contributed by atoms with Gasteiger partial charge in [-0.1, -0.05) is 183 Å². The van der Waals surface area contributed by atoms with Gasteiger partial charge in [0.05, 0.1) is 106 Å². The van der Waals surface area contributed by atoms with E-state index < -0.39 is 47.5 Å². The second kappa shape index (κ2) is 66.5. The zero-order valence-electron chi connectivity index (χ0n) is 89.7. The number of methoxy groups -OCH3 is 7. The second-order valence-corrected chi connectivity index (χ2v) is 37.3. The lowest BCUT2D eigenvalue weighted by Crippen LogP contribution is -2.44. The number of benzene rings is 8. The van der Waals surface area contributed by atoms with Crippen molar-refractivity contribution in [2.24, 2.45) is 23.7 Å². The first-order valence-electron chi connectivity index (χ1n) is 52.1. The van der Waals surface area contributed by atoms with Gasteiger partial charge >= 0.3 is 23.9 Å². The number of carbonyl (C=O) groups excluding carboxylic acids is 4. The van der Waals surface area contributed by atoms with Crippen LogP contribution in [0.3, 0.4) is 0 Å². The van der Waals surface area contributed by atoms with E-state index in [4.69, 9.17) is 47.4 Å². The maximum absolute atomic E-state index is 13.3. The third-order valence-corrected chi connectivity index (χ3v) is 27.5. The van der Waals surface area contributed by atoms with Gasteiger partial charge in [0.1, 0.15) is 34.5 Å². The van der Waals surface area contributed by atoms with Crippen LogP contribution < -0.4 is 58.0 Å².